The standard InChI is InChI=1S/C15H30N2O2/c1-6-12(7-2)17(4)13-9-10-15(11-13,16-8-3)14(18)19-5/h12-13,16H,6-11H2,1-5H3. The van der Waals surface area contributed by atoms with Crippen LogP contribution >= 0.6 is 0 Å². The molecule has 1 aliphatic rings. The molecule has 0 amide bonds. The van der Waals surface area contributed by atoms with Gasteiger partial charge in [-0.2, -0.15) is 0 Å². The van der Waals surface area contributed by atoms with Crippen molar-refractivity contribution in [1.29, 1.82) is 0 Å². The van der Waals surface area contributed by atoms with Crippen LogP contribution in [0.15, 0.2) is 0 Å². The molecule has 1 saturated carbocycles. The van der Waals surface area contributed by atoms with E-state index in [-0.39, 0.29) is 5.97 Å². The van der Waals surface area contributed by atoms with Gasteiger partial charge in [0.1, 0.15) is 5.54 Å². The van der Waals surface area contributed by atoms with Gasteiger partial charge < -0.3 is 15.0 Å². The Kier molecular flexibility index (Phi) is 6.27. The van der Waals surface area contributed by atoms with E-state index in [4.69, 9.17) is 4.74 Å². The number of esters is 1. The number of nitrogens with zero attached hydrogens (tertiary/aromatic N) is 1. The Labute approximate surface area is 117 Å². The maximum atomic E-state index is 12.1. The molecule has 1 aliphatic carbocycles. The van der Waals surface area contributed by atoms with Crippen molar-refractivity contribution in [2.75, 3.05) is 20.7 Å². The number of carbonyl (C=O) groups is 1. The molecule has 19 heavy (non-hydrogen) atoms. The number of hydrogen-bond acceptors (Lipinski definition) is 4. The third-order valence-corrected chi connectivity index (χ3v) is 4.67. The number of ether oxygens (including phenoxy) is 1. The maximum absolute atomic E-state index is 12.1. The van der Waals surface area contributed by atoms with Crippen LogP contribution in [-0.2, 0) is 9.53 Å². The fourth-order valence-corrected chi connectivity index (χ4v) is 3.48. The van der Waals surface area contributed by atoms with Crippen molar-refractivity contribution in [3.05, 3.63) is 0 Å². The van der Waals surface area contributed by atoms with Gasteiger partial charge in [-0.05, 0) is 45.7 Å². The second-order valence-electron chi connectivity index (χ2n) is 5.64. The molecule has 0 heterocycles. The van der Waals surface area contributed by atoms with E-state index >= 15 is 0 Å². The smallest absolute Gasteiger partial charge is 0.326 e. The lowest BCUT2D eigenvalue weighted by Crippen LogP contribution is -2.52. The van der Waals surface area contributed by atoms with Crippen LogP contribution < -0.4 is 5.32 Å². The number of nitrogens with one attached hydrogen (secondary N) is 1. The zero-order valence-electron chi connectivity index (χ0n) is 13.2. The zero-order chi connectivity index (χ0) is 14.5. The van der Waals surface area contributed by atoms with E-state index in [9.17, 15) is 4.79 Å². The molecule has 0 aromatic heterocycles. The fraction of sp³-hybridized carbons (Fsp3) is 0.933. The highest BCUT2D eigenvalue weighted by molar-refractivity contribution is 5.81. The quantitative estimate of drug-likeness (QED) is 0.720. The normalized spacial score (nSPS) is 27.2. The Balaban J connectivity index is 2.75. The van der Waals surface area contributed by atoms with Crippen molar-refractivity contribution in [1.82, 2.24) is 10.2 Å². The molecule has 1 N–H and O–H groups in total. The molecule has 0 aliphatic heterocycles. The van der Waals surface area contributed by atoms with Gasteiger partial charge in [0.05, 0.1) is 7.11 Å². The third kappa shape index (κ3) is 3.48. The van der Waals surface area contributed by atoms with Crippen LogP contribution in [0, 0.1) is 0 Å². The van der Waals surface area contributed by atoms with E-state index in [1.54, 1.807) is 0 Å². The molecule has 4 heteroatoms. The molecule has 0 spiro atoms. The first-order valence-electron chi connectivity index (χ1n) is 7.60. The van der Waals surface area contributed by atoms with Gasteiger partial charge in [-0.3, -0.25) is 4.79 Å². The number of methoxy groups -OCH3 is 1. The minimum Gasteiger partial charge on any atom is -0.468 e. The van der Waals surface area contributed by atoms with Crippen LogP contribution in [0.3, 0.4) is 0 Å². The maximum Gasteiger partial charge on any atom is 0.326 e. The topological polar surface area (TPSA) is 41.6 Å². The van der Waals surface area contributed by atoms with E-state index in [1.807, 2.05) is 6.92 Å². The molecule has 0 saturated heterocycles. The van der Waals surface area contributed by atoms with E-state index in [2.05, 4.69) is 31.1 Å². The van der Waals surface area contributed by atoms with E-state index in [0.717, 1.165) is 38.6 Å². The second-order valence-corrected chi connectivity index (χ2v) is 5.64. The van der Waals surface area contributed by atoms with Crippen molar-refractivity contribution < 1.29 is 9.53 Å². The SMILES string of the molecule is CCNC1(C(=O)OC)CCC(N(C)C(CC)CC)C1. The Morgan fingerprint density at radius 1 is 1.42 bits per heavy atom. The Hall–Kier alpha value is -0.610. The van der Waals surface area contributed by atoms with Crippen LogP contribution in [0.1, 0.15) is 52.9 Å². The van der Waals surface area contributed by atoms with Crippen LogP contribution in [-0.4, -0.2) is 49.2 Å². The number of hydrogen-bond donors (Lipinski definition) is 1. The van der Waals surface area contributed by atoms with Crippen molar-refractivity contribution in [2.45, 2.75) is 70.5 Å². The fourth-order valence-electron chi connectivity index (χ4n) is 3.48. The molecule has 2 atom stereocenters. The molecular weight excluding hydrogens is 240 g/mol. The van der Waals surface area contributed by atoms with E-state index < -0.39 is 5.54 Å². The lowest BCUT2D eigenvalue weighted by molar-refractivity contribution is -0.148. The summed E-state index contributed by atoms with van der Waals surface area (Å²) in [5, 5.41) is 3.37. The molecule has 0 aromatic carbocycles. The molecular formula is C15H30N2O2. The van der Waals surface area contributed by atoms with E-state index in [0.29, 0.717) is 12.1 Å². The van der Waals surface area contributed by atoms with Crippen LogP contribution in [0.4, 0.5) is 0 Å². The number of rotatable bonds is 7. The second kappa shape index (κ2) is 7.25. The van der Waals surface area contributed by atoms with Crippen LogP contribution in [0.5, 0.6) is 0 Å². The molecule has 112 valence electrons. The van der Waals surface area contributed by atoms with Crippen molar-refractivity contribution >= 4 is 5.97 Å². The molecule has 4 nitrogen and oxygen atoms in total. The predicted octanol–water partition coefficient (Wildman–Crippen LogP) is 2.18. The van der Waals surface area contributed by atoms with Gasteiger partial charge in [0.25, 0.3) is 0 Å². The summed E-state index contributed by atoms with van der Waals surface area (Å²) in [6.45, 7) is 7.31. The summed E-state index contributed by atoms with van der Waals surface area (Å²) < 4.78 is 5.01. The minimum atomic E-state index is -0.464. The van der Waals surface area contributed by atoms with Gasteiger partial charge in [0.2, 0.25) is 0 Å². The summed E-state index contributed by atoms with van der Waals surface area (Å²) >= 11 is 0. The van der Waals surface area contributed by atoms with Crippen LogP contribution in [0.25, 0.3) is 0 Å². The first kappa shape index (κ1) is 16.4. The van der Waals surface area contributed by atoms with Crippen molar-refractivity contribution in [3.63, 3.8) is 0 Å². The van der Waals surface area contributed by atoms with Crippen molar-refractivity contribution in [2.24, 2.45) is 0 Å². The summed E-state index contributed by atoms with van der Waals surface area (Å²) in [4.78, 5) is 14.6. The first-order valence-corrected chi connectivity index (χ1v) is 7.60. The Morgan fingerprint density at radius 2 is 2.05 bits per heavy atom. The highest BCUT2D eigenvalue weighted by Crippen LogP contribution is 2.35. The summed E-state index contributed by atoms with van der Waals surface area (Å²) in [7, 11) is 3.68. The van der Waals surface area contributed by atoms with Gasteiger partial charge in [-0.15, -0.1) is 0 Å². The molecule has 0 aromatic rings. The Morgan fingerprint density at radius 3 is 2.53 bits per heavy atom. The lowest BCUT2D eigenvalue weighted by atomic mass is 9.96. The Bertz CT molecular complexity index is 292. The molecule has 0 radical (unpaired) electrons. The minimum absolute atomic E-state index is 0.102. The van der Waals surface area contributed by atoms with Gasteiger partial charge in [-0.25, -0.2) is 0 Å². The van der Waals surface area contributed by atoms with Gasteiger partial charge in [-0.1, -0.05) is 20.8 Å². The third-order valence-electron chi connectivity index (χ3n) is 4.67. The summed E-state index contributed by atoms with van der Waals surface area (Å²) in [6.07, 6.45) is 5.13. The summed E-state index contributed by atoms with van der Waals surface area (Å²) in [5.41, 5.74) is -0.464. The first-order chi connectivity index (χ1) is 9.04. The molecule has 0 bridgehead atoms. The summed E-state index contributed by atoms with van der Waals surface area (Å²) in [6, 6.07) is 1.09. The molecule has 1 rings (SSSR count). The van der Waals surface area contributed by atoms with Crippen molar-refractivity contribution in [3.8, 4) is 0 Å². The zero-order valence-corrected chi connectivity index (χ0v) is 13.2. The van der Waals surface area contributed by atoms with Gasteiger partial charge >= 0.3 is 5.97 Å². The lowest BCUT2D eigenvalue weighted by Gasteiger charge is -2.33. The highest BCUT2D eigenvalue weighted by Gasteiger charge is 2.47. The molecule has 2 unspecified atom stereocenters. The van der Waals surface area contributed by atoms with E-state index in [1.165, 1.54) is 7.11 Å². The largest absolute Gasteiger partial charge is 0.468 e. The van der Waals surface area contributed by atoms with Crippen LogP contribution in [0.2, 0.25) is 0 Å². The van der Waals surface area contributed by atoms with Gasteiger partial charge in [0.15, 0.2) is 0 Å². The number of carbonyl (C=O) groups excluding carboxylic acids is 1. The summed E-state index contributed by atoms with van der Waals surface area (Å²) in [5.74, 6) is -0.102. The van der Waals surface area contributed by atoms with Gasteiger partial charge in [0, 0.05) is 12.1 Å². The average molecular weight is 270 g/mol. The average Bonchev–Trinajstić information content (AvgIpc) is 2.85. The molecule has 1 fully saturated rings. The highest BCUT2D eigenvalue weighted by atomic mass is 16.5. The predicted molar refractivity (Wildman–Crippen MR) is 78.2 cm³/mol. The number of likely N-dealkylation sites (N-methyl/N-ethyl adjacent to an activating group) is 1. The monoisotopic (exact) mass is 270 g/mol.